The minimum absolute atomic E-state index is 0. The van der Waals surface area contributed by atoms with Crippen molar-refractivity contribution in [3.05, 3.63) is 41.5 Å². The van der Waals surface area contributed by atoms with Gasteiger partial charge in [0.2, 0.25) is 0 Å². The van der Waals surface area contributed by atoms with Crippen LogP contribution in [0.25, 0.3) is 6.08 Å². The van der Waals surface area contributed by atoms with Crippen LogP contribution >= 0.6 is 0 Å². The fourth-order valence-corrected chi connectivity index (χ4v) is 2.36. The van der Waals surface area contributed by atoms with Crippen LogP contribution in [0.1, 0.15) is 16.7 Å². The fourth-order valence-electron chi connectivity index (χ4n) is 1.50. The third kappa shape index (κ3) is 1.59. The summed E-state index contributed by atoms with van der Waals surface area (Å²) in [6, 6.07) is 8.64. The van der Waals surface area contributed by atoms with E-state index in [-0.39, 0.29) is 18.9 Å². The van der Waals surface area contributed by atoms with Gasteiger partial charge in [0.1, 0.15) is 0 Å². The number of rotatable bonds is 1. The van der Waals surface area contributed by atoms with Crippen molar-refractivity contribution in [2.75, 3.05) is 0 Å². The van der Waals surface area contributed by atoms with Crippen LogP contribution in [-0.4, -0.2) is 28.4 Å². The van der Waals surface area contributed by atoms with E-state index in [1.807, 2.05) is 0 Å². The molecule has 0 saturated carbocycles. The van der Waals surface area contributed by atoms with Crippen LogP contribution in [0.5, 0.6) is 0 Å². The number of fused-ring (bicyclic) bond motifs is 1. The number of hydrogen-bond donors (Lipinski definition) is 0. The predicted molar refractivity (Wildman–Crippen MR) is 55.6 cm³/mol. The first-order valence-corrected chi connectivity index (χ1v) is 5.44. The van der Waals surface area contributed by atoms with Gasteiger partial charge in [-0.15, -0.1) is 0 Å². The Morgan fingerprint density at radius 1 is 1.25 bits per heavy atom. The molecule has 0 saturated heterocycles. The second kappa shape index (κ2) is 4.14. The Morgan fingerprint density at radius 3 is 2.75 bits per heavy atom. The van der Waals surface area contributed by atoms with Crippen molar-refractivity contribution in [2.45, 2.75) is 12.1 Å². The molecule has 2 heteroatoms. The van der Waals surface area contributed by atoms with Gasteiger partial charge in [0.15, 0.2) is 0 Å². The Morgan fingerprint density at radius 2 is 2.00 bits per heavy atom. The second-order valence-corrected chi connectivity index (χ2v) is 3.95. The molecule has 0 fully saturated rings. The van der Waals surface area contributed by atoms with Gasteiger partial charge in [0.25, 0.3) is 0 Å². The smallest absolute Gasteiger partial charge is 0.0492 e. The summed E-state index contributed by atoms with van der Waals surface area (Å²) < 4.78 is 0. The van der Waals surface area contributed by atoms with Crippen molar-refractivity contribution in [3.8, 4) is 0 Å². The van der Waals surface area contributed by atoms with Crippen molar-refractivity contribution >= 4 is 34.5 Å². The zero-order valence-corrected chi connectivity index (χ0v) is 8.54. The van der Waals surface area contributed by atoms with Gasteiger partial charge in [-0.2, -0.15) is 0 Å². The number of hydrogen-bond acceptors (Lipinski definition) is 0. The molecule has 1 aromatic carbocycles. The second-order valence-electron chi connectivity index (χ2n) is 2.75. The summed E-state index contributed by atoms with van der Waals surface area (Å²) in [4.78, 5) is 0. The molecule has 0 N–H and O–H groups in total. The molecule has 1 aromatic rings. The number of allylic oxidation sites excluding steroid dienone is 1. The van der Waals surface area contributed by atoms with E-state index in [4.69, 9.17) is 0 Å². The predicted octanol–water partition coefficient (Wildman–Crippen LogP) is 2.13. The summed E-state index contributed by atoms with van der Waals surface area (Å²) in [5.74, 6) is 0. The minimum Gasteiger partial charge on any atom is -0.0797 e. The molecule has 0 bridgehead atoms. The van der Waals surface area contributed by atoms with E-state index >= 15 is 0 Å². The summed E-state index contributed by atoms with van der Waals surface area (Å²) in [6.45, 7) is 2.26. The molecule has 55 valence electrons. The minimum atomic E-state index is 0. The van der Waals surface area contributed by atoms with Crippen LogP contribution in [-0.2, 0) is 0 Å². The van der Waals surface area contributed by atoms with Crippen molar-refractivity contribution in [1.82, 2.24) is 0 Å². The largest absolute Gasteiger partial charge is 0.0797 e. The first-order valence-electron chi connectivity index (χ1n) is 3.86. The SMILES string of the molecule is C[Si]C1C=Cc2ccccc21.[Li]. The summed E-state index contributed by atoms with van der Waals surface area (Å²) >= 11 is 0. The zero-order chi connectivity index (χ0) is 7.68. The maximum absolute atomic E-state index is 2.31. The number of benzene rings is 1. The van der Waals surface area contributed by atoms with Crippen LogP contribution in [0.2, 0.25) is 6.55 Å². The van der Waals surface area contributed by atoms with Gasteiger partial charge in [0, 0.05) is 28.4 Å². The Kier molecular flexibility index (Phi) is 3.40. The molecule has 1 atom stereocenters. The maximum atomic E-state index is 2.31. The maximum Gasteiger partial charge on any atom is 0.0492 e. The van der Waals surface area contributed by atoms with E-state index in [1.165, 1.54) is 11.1 Å². The molecule has 3 radical (unpaired) electrons. The van der Waals surface area contributed by atoms with Crippen molar-refractivity contribution in [2.24, 2.45) is 0 Å². The molecule has 1 aliphatic rings. The normalized spacial score (nSPS) is 18.6. The molecule has 1 unspecified atom stereocenters. The Balaban J connectivity index is 0.000000720. The first-order chi connectivity index (χ1) is 5.42. The molecule has 0 aromatic heterocycles. The molecule has 1 aliphatic carbocycles. The van der Waals surface area contributed by atoms with Crippen LogP contribution in [0.15, 0.2) is 30.3 Å². The summed E-state index contributed by atoms with van der Waals surface area (Å²) in [6.07, 6.45) is 4.54. The molecule has 0 spiro atoms. The van der Waals surface area contributed by atoms with E-state index in [2.05, 4.69) is 43.0 Å². The van der Waals surface area contributed by atoms with Crippen molar-refractivity contribution < 1.29 is 0 Å². The average molecular weight is 165 g/mol. The standard InChI is InChI=1S/C10H10Si.Li/c1-11-10-7-6-8-4-2-3-5-9(8)10;/h2-7,10H,1H3;. The van der Waals surface area contributed by atoms with E-state index in [1.54, 1.807) is 0 Å². The summed E-state index contributed by atoms with van der Waals surface area (Å²) in [5, 5.41) is 0. The summed E-state index contributed by atoms with van der Waals surface area (Å²) in [7, 11) is 0.992. The van der Waals surface area contributed by atoms with Gasteiger partial charge in [-0.3, -0.25) is 0 Å². The van der Waals surface area contributed by atoms with Gasteiger partial charge in [-0.1, -0.05) is 43.0 Å². The van der Waals surface area contributed by atoms with Gasteiger partial charge in [-0.25, -0.2) is 0 Å². The third-order valence-corrected chi connectivity index (χ3v) is 3.24. The Labute approximate surface area is 88.1 Å². The van der Waals surface area contributed by atoms with Crippen LogP contribution < -0.4 is 0 Å². The van der Waals surface area contributed by atoms with E-state index in [0.29, 0.717) is 5.54 Å². The van der Waals surface area contributed by atoms with Crippen molar-refractivity contribution in [1.29, 1.82) is 0 Å². The molecule has 0 amide bonds. The first kappa shape index (κ1) is 9.86. The van der Waals surface area contributed by atoms with Gasteiger partial charge < -0.3 is 0 Å². The van der Waals surface area contributed by atoms with Crippen LogP contribution in [0.4, 0.5) is 0 Å². The molecule has 0 nitrogen and oxygen atoms in total. The molecular weight excluding hydrogens is 155 g/mol. The fraction of sp³-hybridized carbons (Fsp3) is 0.200. The Bertz CT molecular complexity index is 294. The molecule has 2 rings (SSSR count). The average Bonchev–Trinajstić information content (AvgIpc) is 2.47. The summed E-state index contributed by atoms with van der Waals surface area (Å²) in [5.41, 5.74) is 3.62. The quantitative estimate of drug-likeness (QED) is 0.559. The zero-order valence-electron chi connectivity index (χ0n) is 7.54. The van der Waals surface area contributed by atoms with E-state index < -0.39 is 0 Å². The Hall–Kier alpha value is -0.226. The molecule has 0 aliphatic heterocycles. The third-order valence-electron chi connectivity index (χ3n) is 2.11. The van der Waals surface area contributed by atoms with Gasteiger partial charge >= 0.3 is 0 Å². The van der Waals surface area contributed by atoms with Gasteiger partial charge in [0.05, 0.1) is 0 Å². The van der Waals surface area contributed by atoms with Crippen LogP contribution in [0.3, 0.4) is 0 Å². The van der Waals surface area contributed by atoms with Gasteiger partial charge in [-0.05, 0) is 16.7 Å². The van der Waals surface area contributed by atoms with Crippen molar-refractivity contribution in [3.63, 3.8) is 0 Å². The van der Waals surface area contributed by atoms with Crippen LogP contribution in [0, 0.1) is 0 Å². The van der Waals surface area contributed by atoms with E-state index in [0.717, 1.165) is 9.52 Å². The monoisotopic (exact) mass is 165 g/mol. The van der Waals surface area contributed by atoms with E-state index in [9.17, 15) is 0 Å². The molecule has 12 heavy (non-hydrogen) atoms. The topological polar surface area (TPSA) is 0 Å². The molecular formula is C10H10LiSi. The molecule has 0 heterocycles.